The normalized spacial score (nSPS) is 11.1. The molecule has 2 heterocycles. The molecule has 0 atom stereocenters. The van der Waals surface area contributed by atoms with Crippen molar-refractivity contribution in [1.82, 2.24) is 20.0 Å². The second kappa shape index (κ2) is 7.73. The highest BCUT2D eigenvalue weighted by Gasteiger charge is 2.19. The van der Waals surface area contributed by atoms with Crippen LogP contribution in [-0.4, -0.2) is 31.5 Å². The van der Waals surface area contributed by atoms with Crippen molar-refractivity contribution in [2.45, 2.75) is 18.9 Å². The van der Waals surface area contributed by atoms with Crippen molar-refractivity contribution in [3.8, 4) is 5.69 Å². The molecule has 0 bridgehead atoms. The summed E-state index contributed by atoms with van der Waals surface area (Å²) in [5, 5.41) is 15.5. The summed E-state index contributed by atoms with van der Waals surface area (Å²) in [6, 6.07) is 16.8. The monoisotopic (exact) mass is 408 g/mol. The van der Waals surface area contributed by atoms with Crippen molar-refractivity contribution in [2.24, 2.45) is 0 Å². The van der Waals surface area contributed by atoms with Crippen LogP contribution >= 0.6 is 23.4 Å². The van der Waals surface area contributed by atoms with E-state index in [2.05, 4.69) is 10.2 Å². The summed E-state index contributed by atoms with van der Waals surface area (Å²) in [6.07, 6.45) is 0. The molecule has 0 fully saturated rings. The first-order chi connectivity index (χ1) is 13.6. The highest BCUT2D eigenvalue weighted by atomic mass is 35.5. The van der Waals surface area contributed by atoms with Gasteiger partial charge in [-0.25, -0.2) is 4.68 Å². The van der Waals surface area contributed by atoms with Gasteiger partial charge in [0.15, 0.2) is 5.78 Å². The fourth-order valence-corrected chi connectivity index (χ4v) is 4.13. The lowest BCUT2D eigenvalue weighted by atomic mass is 10.2. The molecule has 0 radical (unpaired) electrons. The third-order valence-corrected chi connectivity index (χ3v) is 5.76. The molecule has 0 N–H and O–H groups in total. The molecule has 7 heteroatoms. The number of rotatable bonds is 5. The van der Waals surface area contributed by atoms with Crippen molar-refractivity contribution < 1.29 is 4.79 Å². The summed E-state index contributed by atoms with van der Waals surface area (Å²) in [7, 11) is 0. The zero-order valence-electron chi connectivity index (χ0n) is 15.4. The van der Waals surface area contributed by atoms with Gasteiger partial charge in [0.1, 0.15) is 10.5 Å². The summed E-state index contributed by atoms with van der Waals surface area (Å²) in [5.74, 6) is 0.317. The third kappa shape index (κ3) is 3.41. The number of carbonyl (C=O) groups excluding carboxylic acids is 1. The van der Waals surface area contributed by atoms with E-state index in [1.54, 1.807) is 0 Å². The van der Waals surface area contributed by atoms with Gasteiger partial charge in [0.2, 0.25) is 0 Å². The van der Waals surface area contributed by atoms with Gasteiger partial charge in [-0.1, -0.05) is 65.8 Å². The number of Topliss-reactive ketones (excluding diaryl/α,β-unsaturated/α-hetero) is 1. The molecule has 140 valence electrons. The maximum atomic E-state index is 12.4. The molecule has 0 aliphatic carbocycles. The molecule has 0 spiro atoms. The Kier molecular flexibility index (Phi) is 5.15. The Balaban J connectivity index is 1.72. The Labute approximate surface area is 171 Å². The van der Waals surface area contributed by atoms with E-state index in [0.29, 0.717) is 15.6 Å². The minimum absolute atomic E-state index is 0.0448. The van der Waals surface area contributed by atoms with Crippen molar-refractivity contribution in [2.75, 3.05) is 5.75 Å². The summed E-state index contributed by atoms with van der Waals surface area (Å²) < 4.78 is 1.81. The van der Waals surface area contributed by atoms with Crippen LogP contribution in [0.5, 0.6) is 0 Å². The molecule has 5 nitrogen and oxygen atoms in total. The maximum Gasteiger partial charge on any atom is 0.173 e. The number of thioether (sulfide) groups is 1. The number of hydrogen-bond donors (Lipinski definition) is 0. The first-order valence-electron chi connectivity index (χ1n) is 8.75. The topological polar surface area (TPSA) is 60.7 Å². The van der Waals surface area contributed by atoms with E-state index in [1.165, 1.54) is 11.8 Å². The lowest BCUT2D eigenvalue weighted by Gasteiger charge is -2.05. The van der Waals surface area contributed by atoms with E-state index in [1.807, 2.05) is 73.1 Å². The minimum Gasteiger partial charge on any atom is -0.293 e. The molecular weight excluding hydrogens is 392 g/mol. The standard InChI is InChI=1S/C21H17ClN4OS/c1-13-19-14(2)26(17-11-7-6-10-16(17)22)25-20(19)21(24-23-13)28-12-18(27)15-8-4-3-5-9-15/h3-11H,12H2,1-2H3. The molecular formula is C21H17ClN4OS. The van der Waals surface area contributed by atoms with Crippen LogP contribution in [0.15, 0.2) is 59.6 Å². The SMILES string of the molecule is Cc1nnc(SCC(=O)c2ccccc2)c2nn(-c3ccccc3Cl)c(C)c12. The summed E-state index contributed by atoms with van der Waals surface area (Å²) in [5.41, 5.74) is 3.95. The molecule has 0 aliphatic rings. The van der Waals surface area contributed by atoms with E-state index in [-0.39, 0.29) is 11.5 Å². The van der Waals surface area contributed by atoms with E-state index in [4.69, 9.17) is 16.7 Å². The zero-order chi connectivity index (χ0) is 19.7. The summed E-state index contributed by atoms with van der Waals surface area (Å²) >= 11 is 7.72. The second-order valence-corrected chi connectivity index (χ2v) is 7.71. The van der Waals surface area contributed by atoms with Gasteiger partial charge in [0.05, 0.1) is 27.9 Å². The van der Waals surface area contributed by atoms with Crippen LogP contribution in [-0.2, 0) is 0 Å². The highest BCUT2D eigenvalue weighted by Crippen LogP contribution is 2.31. The van der Waals surface area contributed by atoms with Crippen LogP contribution in [0.4, 0.5) is 0 Å². The number of aryl methyl sites for hydroxylation is 2. The molecule has 2 aromatic heterocycles. The van der Waals surface area contributed by atoms with E-state index >= 15 is 0 Å². The van der Waals surface area contributed by atoms with E-state index < -0.39 is 0 Å². The number of carbonyl (C=O) groups is 1. The van der Waals surface area contributed by atoms with Gasteiger partial charge >= 0.3 is 0 Å². The molecule has 0 saturated carbocycles. The number of aromatic nitrogens is 4. The van der Waals surface area contributed by atoms with E-state index in [9.17, 15) is 4.79 Å². The number of halogens is 1. The van der Waals surface area contributed by atoms with Crippen LogP contribution in [0.1, 0.15) is 21.7 Å². The summed E-state index contributed by atoms with van der Waals surface area (Å²) in [4.78, 5) is 12.4. The number of hydrogen-bond acceptors (Lipinski definition) is 5. The molecule has 0 aliphatic heterocycles. The number of benzene rings is 2. The van der Waals surface area contributed by atoms with Gasteiger partial charge in [-0.3, -0.25) is 4.79 Å². The van der Waals surface area contributed by atoms with Crippen molar-refractivity contribution >= 4 is 40.0 Å². The van der Waals surface area contributed by atoms with E-state index in [0.717, 1.165) is 28.0 Å². The second-order valence-electron chi connectivity index (χ2n) is 6.34. The molecule has 0 saturated heterocycles. The van der Waals surface area contributed by atoms with Gasteiger partial charge in [-0.2, -0.15) is 10.2 Å². The fraction of sp³-hybridized carbons (Fsp3) is 0.143. The lowest BCUT2D eigenvalue weighted by Crippen LogP contribution is -2.03. The molecule has 2 aromatic carbocycles. The van der Waals surface area contributed by atoms with Gasteiger partial charge in [0.25, 0.3) is 0 Å². The number of ketones is 1. The maximum absolute atomic E-state index is 12.4. The molecule has 4 aromatic rings. The lowest BCUT2D eigenvalue weighted by molar-refractivity contribution is 0.102. The molecule has 28 heavy (non-hydrogen) atoms. The number of fused-ring (bicyclic) bond motifs is 1. The van der Waals surface area contributed by atoms with Crippen LogP contribution < -0.4 is 0 Å². The first-order valence-corrected chi connectivity index (χ1v) is 10.1. The molecule has 0 amide bonds. The third-order valence-electron chi connectivity index (χ3n) is 4.49. The van der Waals surface area contributed by atoms with Gasteiger partial charge in [-0.05, 0) is 26.0 Å². The summed E-state index contributed by atoms with van der Waals surface area (Å²) in [6.45, 7) is 3.89. The zero-order valence-corrected chi connectivity index (χ0v) is 17.0. The largest absolute Gasteiger partial charge is 0.293 e. The Morgan fingerprint density at radius 1 is 1.04 bits per heavy atom. The molecule has 4 rings (SSSR count). The molecule has 0 unspecified atom stereocenters. The van der Waals surface area contributed by atoms with Crippen LogP contribution in [0.3, 0.4) is 0 Å². The van der Waals surface area contributed by atoms with Gasteiger partial charge in [0, 0.05) is 10.9 Å². The van der Waals surface area contributed by atoms with Crippen molar-refractivity contribution in [3.05, 3.63) is 76.6 Å². The first kappa shape index (κ1) is 18.7. The Bertz CT molecular complexity index is 1170. The number of nitrogens with zero attached hydrogens (tertiary/aromatic N) is 4. The minimum atomic E-state index is 0.0448. The van der Waals surface area contributed by atoms with Crippen molar-refractivity contribution in [1.29, 1.82) is 0 Å². The Morgan fingerprint density at radius 3 is 2.50 bits per heavy atom. The Hall–Kier alpha value is -2.70. The van der Waals surface area contributed by atoms with Gasteiger partial charge in [-0.15, -0.1) is 5.10 Å². The highest BCUT2D eigenvalue weighted by molar-refractivity contribution is 8.00. The Morgan fingerprint density at radius 2 is 1.75 bits per heavy atom. The predicted molar refractivity (Wildman–Crippen MR) is 113 cm³/mol. The van der Waals surface area contributed by atoms with Crippen LogP contribution in [0, 0.1) is 13.8 Å². The average molecular weight is 409 g/mol. The van der Waals surface area contributed by atoms with Crippen molar-refractivity contribution in [3.63, 3.8) is 0 Å². The average Bonchev–Trinajstić information content (AvgIpc) is 3.06. The quantitative estimate of drug-likeness (QED) is 0.341. The number of para-hydroxylation sites is 1. The van der Waals surface area contributed by atoms with Crippen LogP contribution in [0.25, 0.3) is 16.6 Å². The fourth-order valence-electron chi connectivity index (χ4n) is 3.10. The smallest absolute Gasteiger partial charge is 0.173 e. The predicted octanol–water partition coefficient (Wildman–Crippen LogP) is 5.06. The van der Waals surface area contributed by atoms with Crippen LogP contribution in [0.2, 0.25) is 5.02 Å². The van der Waals surface area contributed by atoms with Gasteiger partial charge < -0.3 is 0 Å².